The topological polar surface area (TPSA) is 96.7 Å². The maximum atomic E-state index is 14.0. The zero-order chi connectivity index (χ0) is 20.5. The second-order valence-corrected chi connectivity index (χ2v) is 6.72. The first-order valence-corrected chi connectivity index (χ1v) is 8.85. The first-order chi connectivity index (χ1) is 13.9. The molecule has 2 N–H and O–H groups in total. The molecule has 4 rings (SSSR count). The number of aromatic nitrogens is 6. The smallest absolute Gasteiger partial charge is 0.235 e. The van der Waals surface area contributed by atoms with Crippen molar-refractivity contribution in [3.63, 3.8) is 0 Å². The molecule has 1 aliphatic rings. The van der Waals surface area contributed by atoms with Crippen LogP contribution in [-0.2, 0) is 7.05 Å². The van der Waals surface area contributed by atoms with Gasteiger partial charge in [-0.05, 0) is 6.92 Å². The van der Waals surface area contributed by atoms with Crippen LogP contribution in [0.4, 0.5) is 36.8 Å². The molecule has 0 spiro atoms. The number of nitrogens with zero attached hydrogens (tertiary/aromatic N) is 7. The average molecular weight is 405 g/mol. The van der Waals surface area contributed by atoms with E-state index >= 15 is 0 Å². The van der Waals surface area contributed by atoms with Crippen molar-refractivity contribution < 1.29 is 13.2 Å². The Hall–Kier alpha value is -3.44. The van der Waals surface area contributed by atoms with E-state index < -0.39 is 23.8 Å². The van der Waals surface area contributed by atoms with Gasteiger partial charge in [0.15, 0.2) is 5.82 Å². The number of anilines is 4. The number of rotatable bonds is 6. The highest BCUT2D eigenvalue weighted by Gasteiger charge is 2.29. The fourth-order valence-electron chi connectivity index (χ4n) is 2.81. The lowest BCUT2D eigenvalue weighted by Crippen LogP contribution is -2.49. The van der Waals surface area contributed by atoms with Crippen molar-refractivity contribution in [3.05, 3.63) is 42.1 Å². The minimum atomic E-state index is -0.938. The molecule has 0 bridgehead atoms. The van der Waals surface area contributed by atoms with E-state index in [1.165, 1.54) is 0 Å². The molecule has 0 aliphatic carbocycles. The normalized spacial score (nSPS) is 15.1. The van der Waals surface area contributed by atoms with Gasteiger partial charge in [-0.1, -0.05) is 0 Å². The maximum Gasteiger partial charge on any atom is 0.235 e. The highest BCUT2D eigenvalue weighted by atomic mass is 19.1. The second kappa shape index (κ2) is 7.53. The summed E-state index contributed by atoms with van der Waals surface area (Å²) >= 11 is 0. The SMILES string of the molecule is C[C@H](Nc1nc(Nc2cn(C)cn2)nc(N2CC(F)C2)n1)c1ncc(F)cc1F. The molecule has 4 heterocycles. The van der Waals surface area contributed by atoms with Crippen molar-refractivity contribution in [2.24, 2.45) is 7.05 Å². The van der Waals surface area contributed by atoms with Gasteiger partial charge < -0.3 is 20.1 Å². The summed E-state index contributed by atoms with van der Waals surface area (Å²) in [5.74, 6) is -0.432. The molecule has 1 atom stereocenters. The van der Waals surface area contributed by atoms with Crippen LogP contribution < -0.4 is 15.5 Å². The first-order valence-electron chi connectivity index (χ1n) is 8.85. The van der Waals surface area contributed by atoms with Crippen LogP contribution >= 0.6 is 0 Å². The van der Waals surface area contributed by atoms with Crippen molar-refractivity contribution in [1.82, 2.24) is 29.5 Å². The third-order valence-electron chi connectivity index (χ3n) is 4.28. The van der Waals surface area contributed by atoms with Gasteiger partial charge in [-0.15, -0.1) is 0 Å². The average Bonchev–Trinajstić information content (AvgIpc) is 3.03. The molecule has 1 fully saturated rings. The predicted molar refractivity (Wildman–Crippen MR) is 99.6 cm³/mol. The third-order valence-corrected chi connectivity index (χ3v) is 4.28. The van der Waals surface area contributed by atoms with Crippen LogP contribution in [-0.4, -0.2) is 48.7 Å². The van der Waals surface area contributed by atoms with Crippen LogP contribution in [0.25, 0.3) is 0 Å². The lowest BCUT2D eigenvalue weighted by molar-refractivity contribution is 0.272. The van der Waals surface area contributed by atoms with Crippen molar-refractivity contribution in [2.75, 3.05) is 28.6 Å². The fourth-order valence-corrected chi connectivity index (χ4v) is 2.81. The summed E-state index contributed by atoms with van der Waals surface area (Å²) in [6.45, 7) is 1.99. The number of hydrogen-bond donors (Lipinski definition) is 2. The first kappa shape index (κ1) is 18.9. The molecular formula is C17H18F3N9. The Balaban J connectivity index is 1.60. The number of imidazole rings is 1. The molecule has 29 heavy (non-hydrogen) atoms. The van der Waals surface area contributed by atoms with Crippen molar-refractivity contribution in [3.8, 4) is 0 Å². The van der Waals surface area contributed by atoms with Crippen molar-refractivity contribution in [1.29, 1.82) is 0 Å². The minimum Gasteiger partial charge on any atom is -0.346 e. The zero-order valence-corrected chi connectivity index (χ0v) is 15.6. The van der Waals surface area contributed by atoms with Gasteiger partial charge in [0.2, 0.25) is 17.8 Å². The third kappa shape index (κ3) is 4.20. The van der Waals surface area contributed by atoms with Crippen molar-refractivity contribution in [2.45, 2.75) is 19.1 Å². The molecule has 0 aromatic carbocycles. The highest BCUT2D eigenvalue weighted by Crippen LogP contribution is 2.24. The molecule has 12 heteroatoms. The molecular weight excluding hydrogens is 387 g/mol. The molecule has 1 aliphatic heterocycles. The number of aryl methyl sites for hydroxylation is 1. The summed E-state index contributed by atoms with van der Waals surface area (Å²) in [7, 11) is 1.82. The van der Waals surface area contributed by atoms with Gasteiger partial charge in [0.1, 0.15) is 17.8 Å². The lowest BCUT2D eigenvalue weighted by atomic mass is 10.2. The van der Waals surface area contributed by atoms with Gasteiger partial charge >= 0.3 is 0 Å². The Morgan fingerprint density at radius 1 is 1.14 bits per heavy atom. The molecule has 0 amide bonds. The number of pyridine rings is 1. The van der Waals surface area contributed by atoms with Gasteiger partial charge in [-0.2, -0.15) is 15.0 Å². The van der Waals surface area contributed by atoms with E-state index in [0.29, 0.717) is 5.82 Å². The Bertz CT molecular complexity index is 1020. The van der Waals surface area contributed by atoms with E-state index in [1.807, 2.05) is 7.05 Å². The second-order valence-electron chi connectivity index (χ2n) is 6.72. The van der Waals surface area contributed by atoms with Crippen LogP contribution in [0.2, 0.25) is 0 Å². The van der Waals surface area contributed by atoms with Gasteiger partial charge in [-0.25, -0.2) is 18.2 Å². The zero-order valence-electron chi connectivity index (χ0n) is 15.6. The molecule has 152 valence electrons. The highest BCUT2D eigenvalue weighted by molar-refractivity contribution is 5.52. The van der Waals surface area contributed by atoms with Crippen LogP contribution in [0.1, 0.15) is 18.7 Å². The van der Waals surface area contributed by atoms with E-state index in [9.17, 15) is 13.2 Å². The Labute approximate surface area is 164 Å². The van der Waals surface area contributed by atoms with Gasteiger partial charge in [-0.3, -0.25) is 4.98 Å². The maximum absolute atomic E-state index is 14.0. The lowest BCUT2D eigenvalue weighted by Gasteiger charge is -2.34. The molecule has 3 aromatic rings. The van der Waals surface area contributed by atoms with Crippen LogP contribution in [0.5, 0.6) is 0 Å². The van der Waals surface area contributed by atoms with E-state index in [1.54, 1.807) is 28.9 Å². The fraction of sp³-hybridized carbons (Fsp3) is 0.353. The van der Waals surface area contributed by atoms with Gasteiger partial charge in [0.05, 0.1) is 37.3 Å². The molecule has 3 aromatic heterocycles. The Morgan fingerprint density at radius 3 is 2.55 bits per heavy atom. The minimum absolute atomic E-state index is 0.0142. The Kier molecular flexibility index (Phi) is 4.91. The molecule has 0 unspecified atom stereocenters. The summed E-state index contributed by atoms with van der Waals surface area (Å²) < 4.78 is 42.2. The van der Waals surface area contributed by atoms with Crippen LogP contribution in [0.15, 0.2) is 24.8 Å². The van der Waals surface area contributed by atoms with Crippen LogP contribution in [0, 0.1) is 11.6 Å². The number of alkyl halides is 1. The van der Waals surface area contributed by atoms with E-state index in [2.05, 4.69) is 35.6 Å². The summed E-state index contributed by atoms with van der Waals surface area (Å²) in [5, 5.41) is 5.89. The van der Waals surface area contributed by atoms with E-state index in [0.717, 1.165) is 12.3 Å². The summed E-state index contributed by atoms with van der Waals surface area (Å²) in [4.78, 5) is 22.5. The summed E-state index contributed by atoms with van der Waals surface area (Å²) in [6.07, 6.45) is 3.34. The van der Waals surface area contributed by atoms with Crippen LogP contribution in [0.3, 0.4) is 0 Å². The predicted octanol–water partition coefficient (Wildman–Crippen LogP) is 2.35. The quantitative estimate of drug-likeness (QED) is 0.645. The number of hydrogen-bond acceptors (Lipinski definition) is 8. The molecule has 9 nitrogen and oxygen atoms in total. The Morgan fingerprint density at radius 2 is 1.90 bits per heavy atom. The molecule has 0 radical (unpaired) electrons. The molecule has 0 saturated carbocycles. The number of nitrogens with one attached hydrogen (secondary N) is 2. The largest absolute Gasteiger partial charge is 0.346 e. The summed E-state index contributed by atoms with van der Waals surface area (Å²) in [5.41, 5.74) is 0.0142. The van der Waals surface area contributed by atoms with E-state index in [-0.39, 0.29) is 36.6 Å². The molecule has 1 saturated heterocycles. The number of halogens is 3. The van der Waals surface area contributed by atoms with E-state index in [4.69, 9.17) is 0 Å². The van der Waals surface area contributed by atoms with Gasteiger partial charge in [0.25, 0.3) is 0 Å². The summed E-state index contributed by atoms with van der Waals surface area (Å²) in [6, 6.07) is 0.105. The monoisotopic (exact) mass is 405 g/mol. The van der Waals surface area contributed by atoms with Gasteiger partial charge in [0, 0.05) is 19.3 Å². The standard InChI is InChI=1S/C17H18F3N9/c1-9(14-12(20)3-10(18)4-21-14)23-15-25-16(24-13-7-28(2)8-22-13)27-17(26-15)29-5-11(19)6-29/h3-4,7-9,11H,5-6H2,1-2H3,(H2,23,24,25,26,27)/t9-/m0/s1. The van der Waals surface area contributed by atoms with Crippen molar-refractivity contribution >= 4 is 23.7 Å².